The third kappa shape index (κ3) is 3.68. The van der Waals surface area contributed by atoms with Crippen LogP contribution >= 0.6 is 0 Å². The molecule has 0 spiro atoms. The molecule has 0 bridgehead atoms. The minimum absolute atomic E-state index is 0.201. The Hall–Kier alpha value is -2.40. The van der Waals surface area contributed by atoms with Crippen LogP contribution in [0.3, 0.4) is 0 Å². The number of hydrogen-bond donors (Lipinski definition) is 1. The molecule has 0 aliphatic carbocycles. The Morgan fingerprint density at radius 3 is 2.74 bits per heavy atom. The molecule has 5 heteroatoms. The smallest absolute Gasteiger partial charge is 0.337 e. The molecular weight excluding hydrogens is 294 g/mol. The Bertz CT molecular complexity index is 691. The van der Waals surface area contributed by atoms with Crippen LogP contribution in [0, 0.1) is 12.8 Å². The molecule has 1 unspecified atom stereocenters. The molecule has 1 aromatic carbocycles. The van der Waals surface area contributed by atoms with Crippen molar-refractivity contribution in [1.82, 2.24) is 4.98 Å². The SMILES string of the molecule is Cc1ccc(C(=O)O)c(-c2ccc(OCC3CCOC3)cc2)n1. The van der Waals surface area contributed by atoms with E-state index in [0.29, 0.717) is 18.2 Å². The number of ether oxygens (including phenoxy) is 2. The van der Waals surface area contributed by atoms with E-state index in [2.05, 4.69) is 4.98 Å². The predicted molar refractivity (Wildman–Crippen MR) is 85.8 cm³/mol. The van der Waals surface area contributed by atoms with Gasteiger partial charge in [-0.15, -0.1) is 0 Å². The number of aromatic carboxylic acids is 1. The van der Waals surface area contributed by atoms with Gasteiger partial charge in [0.2, 0.25) is 0 Å². The Balaban J connectivity index is 1.76. The Morgan fingerprint density at radius 2 is 2.09 bits per heavy atom. The van der Waals surface area contributed by atoms with Gasteiger partial charge in [-0.1, -0.05) is 0 Å². The van der Waals surface area contributed by atoms with Crippen molar-refractivity contribution >= 4 is 5.97 Å². The Labute approximate surface area is 134 Å². The first-order valence-corrected chi connectivity index (χ1v) is 7.65. The molecule has 1 aromatic heterocycles. The van der Waals surface area contributed by atoms with Crippen molar-refractivity contribution in [3.63, 3.8) is 0 Å². The summed E-state index contributed by atoms with van der Waals surface area (Å²) in [7, 11) is 0. The highest BCUT2D eigenvalue weighted by molar-refractivity contribution is 5.94. The zero-order chi connectivity index (χ0) is 16.2. The Kier molecular flexibility index (Phi) is 4.57. The zero-order valence-corrected chi connectivity index (χ0v) is 13.0. The van der Waals surface area contributed by atoms with Gasteiger partial charge in [-0.25, -0.2) is 4.79 Å². The van der Waals surface area contributed by atoms with Crippen molar-refractivity contribution in [2.45, 2.75) is 13.3 Å². The summed E-state index contributed by atoms with van der Waals surface area (Å²) in [6, 6.07) is 10.7. The molecule has 5 nitrogen and oxygen atoms in total. The van der Waals surface area contributed by atoms with Gasteiger partial charge in [0, 0.05) is 23.8 Å². The highest BCUT2D eigenvalue weighted by atomic mass is 16.5. The molecule has 0 saturated carbocycles. The van der Waals surface area contributed by atoms with Gasteiger partial charge in [0.1, 0.15) is 5.75 Å². The number of hydrogen-bond acceptors (Lipinski definition) is 4. The Morgan fingerprint density at radius 1 is 1.30 bits per heavy atom. The van der Waals surface area contributed by atoms with Crippen LogP contribution in [-0.4, -0.2) is 35.9 Å². The number of aryl methyl sites for hydroxylation is 1. The molecule has 0 amide bonds. The monoisotopic (exact) mass is 313 g/mol. The largest absolute Gasteiger partial charge is 0.493 e. The molecule has 120 valence electrons. The quantitative estimate of drug-likeness (QED) is 0.918. The number of rotatable bonds is 5. The lowest BCUT2D eigenvalue weighted by Gasteiger charge is -2.11. The number of aromatic nitrogens is 1. The maximum atomic E-state index is 11.3. The summed E-state index contributed by atoms with van der Waals surface area (Å²) in [4.78, 5) is 15.7. The van der Waals surface area contributed by atoms with Crippen molar-refractivity contribution in [3.05, 3.63) is 47.7 Å². The van der Waals surface area contributed by atoms with Gasteiger partial charge in [-0.2, -0.15) is 0 Å². The van der Waals surface area contributed by atoms with Crippen LogP contribution in [0.4, 0.5) is 0 Å². The zero-order valence-electron chi connectivity index (χ0n) is 13.0. The van der Waals surface area contributed by atoms with E-state index < -0.39 is 5.97 Å². The van der Waals surface area contributed by atoms with E-state index in [9.17, 15) is 9.90 Å². The average Bonchev–Trinajstić information content (AvgIpc) is 3.06. The van der Waals surface area contributed by atoms with Gasteiger partial charge in [0.05, 0.1) is 24.5 Å². The summed E-state index contributed by atoms with van der Waals surface area (Å²) in [5.74, 6) is 0.242. The van der Waals surface area contributed by atoms with E-state index in [1.165, 1.54) is 0 Å². The van der Waals surface area contributed by atoms with Crippen molar-refractivity contribution < 1.29 is 19.4 Å². The van der Waals surface area contributed by atoms with E-state index in [4.69, 9.17) is 9.47 Å². The minimum Gasteiger partial charge on any atom is -0.493 e. The van der Waals surface area contributed by atoms with Gasteiger partial charge in [-0.3, -0.25) is 4.98 Å². The lowest BCUT2D eigenvalue weighted by molar-refractivity contribution is 0.0697. The lowest BCUT2D eigenvalue weighted by atomic mass is 10.1. The third-order valence-corrected chi connectivity index (χ3v) is 3.90. The van der Waals surface area contributed by atoms with Crippen LogP contribution < -0.4 is 4.74 Å². The fourth-order valence-corrected chi connectivity index (χ4v) is 2.59. The number of carbonyl (C=O) groups is 1. The third-order valence-electron chi connectivity index (χ3n) is 3.90. The molecule has 1 aliphatic rings. The van der Waals surface area contributed by atoms with Crippen LogP contribution in [0.25, 0.3) is 11.3 Å². The van der Waals surface area contributed by atoms with Crippen LogP contribution in [0.1, 0.15) is 22.5 Å². The molecule has 1 fully saturated rings. The highest BCUT2D eigenvalue weighted by Gasteiger charge is 2.17. The number of pyridine rings is 1. The molecule has 23 heavy (non-hydrogen) atoms. The minimum atomic E-state index is -0.978. The molecule has 0 radical (unpaired) electrons. The molecular formula is C18H19NO4. The van der Waals surface area contributed by atoms with E-state index in [1.807, 2.05) is 31.2 Å². The lowest BCUT2D eigenvalue weighted by Crippen LogP contribution is -2.11. The fraction of sp³-hybridized carbons (Fsp3) is 0.333. The normalized spacial score (nSPS) is 17.2. The van der Waals surface area contributed by atoms with Gasteiger partial charge < -0.3 is 14.6 Å². The number of nitrogens with zero attached hydrogens (tertiary/aromatic N) is 1. The van der Waals surface area contributed by atoms with Crippen LogP contribution in [0.15, 0.2) is 36.4 Å². The maximum Gasteiger partial charge on any atom is 0.337 e. The maximum absolute atomic E-state index is 11.3. The van der Waals surface area contributed by atoms with E-state index in [1.54, 1.807) is 12.1 Å². The first kappa shape index (κ1) is 15.5. The van der Waals surface area contributed by atoms with E-state index in [0.717, 1.165) is 36.6 Å². The van der Waals surface area contributed by atoms with Gasteiger partial charge in [-0.05, 0) is 49.7 Å². The van der Waals surface area contributed by atoms with Crippen molar-refractivity contribution in [2.75, 3.05) is 19.8 Å². The average molecular weight is 313 g/mol. The standard InChI is InChI=1S/C18H19NO4/c1-12-2-7-16(18(20)21)17(19-12)14-3-5-15(6-4-14)23-11-13-8-9-22-10-13/h2-7,13H,8-11H2,1H3,(H,20,21). The van der Waals surface area contributed by atoms with E-state index in [-0.39, 0.29) is 5.56 Å². The summed E-state index contributed by atoms with van der Waals surface area (Å²) in [6.07, 6.45) is 1.03. The van der Waals surface area contributed by atoms with Crippen LogP contribution in [0.5, 0.6) is 5.75 Å². The van der Waals surface area contributed by atoms with Crippen LogP contribution in [0.2, 0.25) is 0 Å². The van der Waals surface area contributed by atoms with Crippen molar-refractivity contribution in [2.24, 2.45) is 5.92 Å². The molecule has 1 atom stereocenters. The van der Waals surface area contributed by atoms with Crippen molar-refractivity contribution in [1.29, 1.82) is 0 Å². The van der Waals surface area contributed by atoms with Crippen LogP contribution in [-0.2, 0) is 4.74 Å². The number of carboxylic acid groups (broad SMARTS) is 1. The van der Waals surface area contributed by atoms with E-state index >= 15 is 0 Å². The summed E-state index contributed by atoms with van der Waals surface area (Å²) >= 11 is 0. The second-order valence-electron chi connectivity index (χ2n) is 5.72. The fourth-order valence-electron chi connectivity index (χ4n) is 2.59. The predicted octanol–water partition coefficient (Wildman–Crippen LogP) is 3.17. The second kappa shape index (κ2) is 6.79. The number of carboxylic acids is 1. The number of benzene rings is 1. The summed E-state index contributed by atoms with van der Waals surface area (Å²) in [5, 5.41) is 9.30. The summed E-state index contributed by atoms with van der Waals surface area (Å²) < 4.78 is 11.1. The van der Waals surface area contributed by atoms with Gasteiger partial charge in [0.15, 0.2) is 0 Å². The molecule has 1 saturated heterocycles. The topological polar surface area (TPSA) is 68.7 Å². The summed E-state index contributed by atoms with van der Waals surface area (Å²) in [5.41, 5.74) is 2.23. The molecule has 2 heterocycles. The second-order valence-corrected chi connectivity index (χ2v) is 5.72. The first-order chi connectivity index (χ1) is 11.1. The van der Waals surface area contributed by atoms with Crippen molar-refractivity contribution in [3.8, 4) is 17.0 Å². The first-order valence-electron chi connectivity index (χ1n) is 7.65. The highest BCUT2D eigenvalue weighted by Crippen LogP contribution is 2.25. The summed E-state index contributed by atoms with van der Waals surface area (Å²) in [6.45, 7) is 4.05. The van der Waals surface area contributed by atoms with Gasteiger partial charge >= 0.3 is 5.97 Å². The van der Waals surface area contributed by atoms with Gasteiger partial charge in [0.25, 0.3) is 0 Å². The molecule has 3 rings (SSSR count). The molecule has 2 aromatic rings. The molecule has 1 aliphatic heterocycles. The molecule has 1 N–H and O–H groups in total.